The maximum atomic E-state index is 10.8. The molecular weight excluding hydrogens is 268 g/mol. The van der Waals surface area contributed by atoms with E-state index < -0.39 is 4.92 Å². The van der Waals surface area contributed by atoms with Crippen LogP contribution in [0.5, 0.6) is 0 Å². The molecule has 1 aromatic carbocycles. The van der Waals surface area contributed by atoms with E-state index in [1.54, 1.807) is 12.3 Å². The molecule has 6 heteroatoms. The third-order valence-electron chi connectivity index (χ3n) is 3.11. The summed E-state index contributed by atoms with van der Waals surface area (Å²) in [5, 5.41) is 20.0. The molecule has 0 radical (unpaired) electrons. The van der Waals surface area contributed by atoms with E-state index in [1.807, 2.05) is 36.1 Å². The monoisotopic (exact) mass is 282 g/mol. The zero-order chi connectivity index (χ0) is 15.2. The van der Waals surface area contributed by atoms with Gasteiger partial charge in [0, 0.05) is 24.9 Å². The maximum absolute atomic E-state index is 10.8. The number of nitro groups is 1. The third kappa shape index (κ3) is 3.34. The number of non-ortho nitro benzene ring substituents is 1. The summed E-state index contributed by atoms with van der Waals surface area (Å²) in [4.78, 5) is 16.5. The molecular formula is C15H14N4O2. The highest BCUT2D eigenvalue weighted by Crippen LogP contribution is 2.25. The van der Waals surface area contributed by atoms with Crippen LogP contribution < -0.4 is 4.90 Å². The number of nitrogens with zero attached hydrogens (tertiary/aromatic N) is 4. The summed E-state index contributed by atoms with van der Waals surface area (Å²) in [5.74, 6) is 0. The van der Waals surface area contributed by atoms with Gasteiger partial charge in [0.25, 0.3) is 5.69 Å². The molecule has 1 aromatic heterocycles. The summed E-state index contributed by atoms with van der Waals surface area (Å²) < 4.78 is 0. The smallest absolute Gasteiger partial charge is 0.270 e. The largest absolute Gasteiger partial charge is 0.365 e. The Morgan fingerprint density at radius 3 is 2.76 bits per heavy atom. The standard InChI is InChI=1S/C15H14N4O2/c1-2-18(11-13-5-3-4-8-17-13)15-7-6-14(19(20)21)9-12(15)10-16/h3-9H,2,11H2,1H3. The lowest BCUT2D eigenvalue weighted by Crippen LogP contribution is -2.23. The van der Waals surface area contributed by atoms with Gasteiger partial charge in [0.15, 0.2) is 0 Å². The number of aromatic nitrogens is 1. The Kier molecular flexibility index (Phi) is 4.46. The molecule has 2 rings (SSSR count). The number of rotatable bonds is 5. The minimum absolute atomic E-state index is 0.0795. The van der Waals surface area contributed by atoms with E-state index in [1.165, 1.54) is 12.1 Å². The van der Waals surface area contributed by atoms with Gasteiger partial charge in [0.2, 0.25) is 0 Å². The number of anilines is 1. The van der Waals surface area contributed by atoms with Crippen molar-refractivity contribution in [2.45, 2.75) is 13.5 Å². The first kappa shape index (κ1) is 14.5. The minimum atomic E-state index is -0.500. The molecule has 0 spiro atoms. The number of benzene rings is 1. The number of hydrogen-bond donors (Lipinski definition) is 0. The third-order valence-corrected chi connectivity index (χ3v) is 3.11. The molecule has 106 valence electrons. The Morgan fingerprint density at radius 1 is 1.38 bits per heavy atom. The van der Waals surface area contributed by atoms with Gasteiger partial charge in [-0.2, -0.15) is 5.26 Å². The number of hydrogen-bond acceptors (Lipinski definition) is 5. The molecule has 0 bridgehead atoms. The molecule has 0 fully saturated rings. The second-order valence-electron chi connectivity index (χ2n) is 4.41. The van der Waals surface area contributed by atoms with Gasteiger partial charge in [-0.1, -0.05) is 6.07 Å². The molecule has 0 aliphatic heterocycles. The van der Waals surface area contributed by atoms with Crippen molar-refractivity contribution in [3.63, 3.8) is 0 Å². The van der Waals surface area contributed by atoms with Crippen LogP contribution in [0.1, 0.15) is 18.2 Å². The molecule has 0 aliphatic rings. The maximum Gasteiger partial charge on any atom is 0.270 e. The first-order valence-corrected chi connectivity index (χ1v) is 6.49. The highest BCUT2D eigenvalue weighted by atomic mass is 16.6. The van der Waals surface area contributed by atoms with Gasteiger partial charge in [-0.15, -0.1) is 0 Å². The average Bonchev–Trinajstić information content (AvgIpc) is 2.53. The lowest BCUT2D eigenvalue weighted by Gasteiger charge is -2.23. The predicted octanol–water partition coefficient (Wildman–Crippen LogP) is 2.89. The van der Waals surface area contributed by atoms with Gasteiger partial charge in [0.1, 0.15) is 6.07 Å². The quantitative estimate of drug-likeness (QED) is 0.622. The van der Waals surface area contributed by atoms with Gasteiger partial charge < -0.3 is 4.90 Å². The molecule has 0 amide bonds. The second kappa shape index (κ2) is 6.48. The normalized spacial score (nSPS) is 9.90. The molecule has 0 saturated heterocycles. The molecule has 0 atom stereocenters. The minimum Gasteiger partial charge on any atom is -0.365 e. The van der Waals surface area contributed by atoms with Crippen molar-refractivity contribution < 1.29 is 4.92 Å². The van der Waals surface area contributed by atoms with Gasteiger partial charge in [0.05, 0.1) is 28.4 Å². The first-order chi connectivity index (χ1) is 10.2. The van der Waals surface area contributed by atoms with Crippen LogP contribution in [-0.2, 0) is 6.54 Å². The molecule has 0 aliphatic carbocycles. The van der Waals surface area contributed by atoms with Crippen LogP contribution in [0.3, 0.4) is 0 Å². The molecule has 0 N–H and O–H groups in total. The summed E-state index contributed by atoms with van der Waals surface area (Å²) in [7, 11) is 0. The van der Waals surface area contributed by atoms with E-state index in [2.05, 4.69) is 4.98 Å². The van der Waals surface area contributed by atoms with Crippen LogP contribution >= 0.6 is 0 Å². The Hall–Kier alpha value is -2.94. The summed E-state index contributed by atoms with van der Waals surface area (Å²) in [6, 6.07) is 12.0. The molecule has 2 aromatic rings. The summed E-state index contributed by atoms with van der Waals surface area (Å²) in [5.41, 5.74) is 1.77. The van der Waals surface area contributed by atoms with Crippen molar-refractivity contribution in [1.29, 1.82) is 5.26 Å². The fourth-order valence-corrected chi connectivity index (χ4v) is 2.06. The highest BCUT2D eigenvalue weighted by molar-refractivity contribution is 5.63. The number of nitriles is 1. The summed E-state index contributed by atoms with van der Waals surface area (Å²) in [6.07, 6.45) is 1.71. The van der Waals surface area contributed by atoms with Gasteiger partial charge in [-0.3, -0.25) is 15.1 Å². The Labute approximate surface area is 122 Å². The Bertz CT molecular complexity index is 680. The predicted molar refractivity (Wildman–Crippen MR) is 78.8 cm³/mol. The van der Waals surface area contributed by atoms with Crippen molar-refractivity contribution in [2.75, 3.05) is 11.4 Å². The fraction of sp³-hybridized carbons (Fsp3) is 0.200. The average molecular weight is 282 g/mol. The lowest BCUT2D eigenvalue weighted by molar-refractivity contribution is -0.384. The molecule has 21 heavy (non-hydrogen) atoms. The van der Waals surface area contributed by atoms with Gasteiger partial charge >= 0.3 is 0 Å². The van der Waals surface area contributed by atoms with Crippen LogP contribution in [0.25, 0.3) is 0 Å². The molecule has 0 saturated carbocycles. The zero-order valence-electron chi connectivity index (χ0n) is 11.6. The summed E-state index contributed by atoms with van der Waals surface area (Å²) in [6.45, 7) is 3.18. The summed E-state index contributed by atoms with van der Waals surface area (Å²) >= 11 is 0. The Balaban J connectivity index is 2.34. The van der Waals surface area contributed by atoms with E-state index >= 15 is 0 Å². The zero-order valence-corrected chi connectivity index (χ0v) is 11.6. The van der Waals surface area contributed by atoms with Crippen LogP contribution in [0, 0.1) is 21.4 Å². The molecule has 6 nitrogen and oxygen atoms in total. The van der Waals surface area contributed by atoms with E-state index in [9.17, 15) is 15.4 Å². The van der Waals surface area contributed by atoms with E-state index in [0.29, 0.717) is 24.3 Å². The van der Waals surface area contributed by atoms with Crippen LogP contribution in [0.2, 0.25) is 0 Å². The van der Waals surface area contributed by atoms with Crippen molar-refractivity contribution in [3.8, 4) is 6.07 Å². The SMILES string of the molecule is CCN(Cc1ccccn1)c1ccc([N+](=O)[O-])cc1C#N. The van der Waals surface area contributed by atoms with Crippen molar-refractivity contribution >= 4 is 11.4 Å². The molecule has 0 unspecified atom stereocenters. The van der Waals surface area contributed by atoms with Crippen molar-refractivity contribution in [3.05, 3.63) is 64.0 Å². The van der Waals surface area contributed by atoms with Crippen molar-refractivity contribution in [2.24, 2.45) is 0 Å². The number of pyridine rings is 1. The van der Waals surface area contributed by atoms with Crippen LogP contribution in [-0.4, -0.2) is 16.5 Å². The van der Waals surface area contributed by atoms with Crippen LogP contribution in [0.4, 0.5) is 11.4 Å². The van der Waals surface area contributed by atoms with E-state index in [4.69, 9.17) is 0 Å². The second-order valence-corrected chi connectivity index (χ2v) is 4.41. The topological polar surface area (TPSA) is 83.1 Å². The first-order valence-electron chi connectivity index (χ1n) is 6.49. The highest BCUT2D eigenvalue weighted by Gasteiger charge is 2.15. The van der Waals surface area contributed by atoms with Crippen LogP contribution in [0.15, 0.2) is 42.6 Å². The van der Waals surface area contributed by atoms with Crippen molar-refractivity contribution in [1.82, 2.24) is 4.98 Å². The van der Waals surface area contributed by atoms with Gasteiger partial charge in [-0.05, 0) is 25.1 Å². The molecule has 1 heterocycles. The fourth-order valence-electron chi connectivity index (χ4n) is 2.06. The van der Waals surface area contributed by atoms with E-state index in [0.717, 1.165) is 5.69 Å². The lowest BCUT2D eigenvalue weighted by atomic mass is 10.1. The Morgan fingerprint density at radius 2 is 2.19 bits per heavy atom. The van der Waals surface area contributed by atoms with E-state index in [-0.39, 0.29) is 5.69 Å². The number of nitro benzene ring substituents is 1. The van der Waals surface area contributed by atoms with Gasteiger partial charge in [-0.25, -0.2) is 0 Å².